The van der Waals surface area contributed by atoms with Crippen molar-refractivity contribution in [2.75, 3.05) is 0 Å². The molecule has 2 atom stereocenters. The summed E-state index contributed by atoms with van der Waals surface area (Å²) in [5.74, 6) is -1.27. The van der Waals surface area contributed by atoms with Gasteiger partial charge in [-0.1, -0.05) is 50.7 Å². The largest absolute Gasteiger partial charge is 0.456 e. The van der Waals surface area contributed by atoms with E-state index in [2.05, 4.69) is 15.9 Å². The van der Waals surface area contributed by atoms with Gasteiger partial charge in [0.05, 0.1) is 4.92 Å². The molecule has 0 saturated heterocycles. The lowest BCUT2D eigenvalue weighted by Crippen LogP contribution is -2.42. The Morgan fingerprint density at radius 2 is 1.77 bits per heavy atom. The molecule has 0 saturated carbocycles. The van der Waals surface area contributed by atoms with E-state index in [1.54, 1.807) is 0 Å². The zero-order chi connectivity index (χ0) is 17.1. The summed E-state index contributed by atoms with van der Waals surface area (Å²) in [6.07, 6.45) is -1.36. The molecule has 1 rings (SSSR count). The third-order valence-electron chi connectivity index (χ3n) is 2.49. The van der Waals surface area contributed by atoms with Crippen LogP contribution >= 0.6 is 50.7 Å². The number of halogens is 4. The first kappa shape index (κ1) is 19.2. The van der Waals surface area contributed by atoms with Crippen LogP contribution in [0.1, 0.15) is 17.3 Å². The molecule has 1 aromatic rings. The van der Waals surface area contributed by atoms with E-state index >= 15 is 0 Å². The van der Waals surface area contributed by atoms with Gasteiger partial charge in [0.15, 0.2) is 11.9 Å². The minimum atomic E-state index is -2.03. The molecule has 0 spiro atoms. The molecule has 0 heterocycles. The van der Waals surface area contributed by atoms with Crippen molar-refractivity contribution >= 4 is 68.2 Å². The number of nitrogens with zero attached hydrogens (tertiary/aromatic N) is 1. The number of nitro benzene ring substituents is 1. The normalized spacial score (nSPS) is 14.0. The molecule has 0 aromatic heterocycles. The molecule has 22 heavy (non-hydrogen) atoms. The molecule has 0 radical (unpaired) electrons. The van der Waals surface area contributed by atoms with E-state index in [1.165, 1.54) is 24.3 Å². The van der Waals surface area contributed by atoms with Crippen molar-refractivity contribution in [2.24, 2.45) is 0 Å². The Morgan fingerprint density at radius 1 is 1.27 bits per heavy atom. The maximum atomic E-state index is 12.3. The number of non-ortho nitro benzene ring substituents is 1. The number of carbonyl (C=O) groups excluding carboxylic acids is 2. The van der Waals surface area contributed by atoms with E-state index in [9.17, 15) is 19.7 Å². The fourth-order valence-electron chi connectivity index (χ4n) is 1.52. The van der Waals surface area contributed by atoms with Gasteiger partial charge < -0.3 is 4.74 Å². The van der Waals surface area contributed by atoms with Gasteiger partial charge in [0.2, 0.25) is 3.79 Å². The van der Waals surface area contributed by atoms with Crippen LogP contribution in [0.3, 0.4) is 0 Å². The number of ether oxygens (including phenoxy) is 1. The summed E-state index contributed by atoms with van der Waals surface area (Å²) >= 11 is 20.2. The molecule has 0 aliphatic carbocycles. The van der Waals surface area contributed by atoms with Gasteiger partial charge >= 0.3 is 5.97 Å². The molecule has 1 aromatic carbocycles. The number of alkyl halides is 4. The second kappa shape index (κ2) is 7.59. The highest BCUT2D eigenvalue weighted by molar-refractivity contribution is 9.10. The number of rotatable bonds is 5. The average Bonchev–Trinajstić information content (AvgIpc) is 2.42. The van der Waals surface area contributed by atoms with E-state index in [-0.39, 0.29) is 11.3 Å². The second-order valence-electron chi connectivity index (χ2n) is 4.14. The zero-order valence-corrected chi connectivity index (χ0v) is 14.8. The molecule has 0 unspecified atom stereocenters. The summed E-state index contributed by atoms with van der Waals surface area (Å²) in [4.78, 5) is 32.2. The third kappa shape index (κ3) is 5.08. The average molecular weight is 433 g/mol. The molecule has 0 aliphatic heterocycles. The summed E-state index contributed by atoms with van der Waals surface area (Å²) < 4.78 is 2.84. The summed E-state index contributed by atoms with van der Waals surface area (Å²) in [6.45, 7) is 1.11. The number of hydrogen-bond donors (Lipinski definition) is 0. The van der Waals surface area contributed by atoms with Gasteiger partial charge in [-0.05, 0) is 12.1 Å². The monoisotopic (exact) mass is 431 g/mol. The zero-order valence-electron chi connectivity index (χ0n) is 11.0. The highest BCUT2D eigenvalue weighted by Gasteiger charge is 2.43. The van der Waals surface area contributed by atoms with Crippen LogP contribution in [0.2, 0.25) is 0 Å². The third-order valence-corrected chi connectivity index (χ3v) is 4.04. The van der Waals surface area contributed by atoms with Gasteiger partial charge in [-0.2, -0.15) is 0 Å². The molecule has 120 valence electrons. The van der Waals surface area contributed by atoms with Crippen LogP contribution in [0, 0.1) is 10.1 Å². The molecule has 0 amide bonds. The molecule has 0 bridgehead atoms. The first-order chi connectivity index (χ1) is 10.0. The van der Waals surface area contributed by atoms with Gasteiger partial charge in [-0.25, -0.2) is 0 Å². The summed E-state index contributed by atoms with van der Waals surface area (Å²) in [6, 6.07) is 4.86. The van der Waals surface area contributed by atoms with Crippen LogP contribution in [0.5, 0.6) is 0 Å². The van der Waals surface area contributed by atoms with E-state index in [0.29, 0.717) is 0 Å². The molecule has 10 heteroatoms. The van der Waals surface area contributed by atoms with Crippen molar-refractivity contribution < 1.29 is 19.2 Å². The lowest BCUT2D eigenvalue weighted by Gasteiger charge is -2.27. The fraction of sp³-hybridized carbons (Fsp3) is 0.333. The predicted octanol–water partition coefficient (Wildman–Crippen LogP) is 3.84. The molecule has 0 fully saturated rings. The number of nitro groups is 1. The van der Waals surface area contributed by atoms with Crippen molar-refractivity contribution in [3.63, 3.8) is 0 Å². The fourth-order valence-corrected chi connectivity index (χ4v) is 3.25. The van der Waals surface area contributed by atoms with Crippen LogP contribution in [0.4, 0.5) is 5.69 Å². The van der Waals surface area contributed by atoms with Crippen LogP contribution in [-0.2, 0) is 9.53 Å². The van der Waals surface area contributed by atoms with E-state index in [4.69, 9.17) is 39.5 Å². The van der Waals surface area contributed by atoms with Crippen LogP contribution in [0.25, 0.3) is 0 Å². The minimum absolute atomic E-state index is 0.138. The van der Waals surface area contributed by atoms with Gasteiger partial charge in [0, 0.05) is 24.6 Å². The van der Waals surface area contributed by atoms with Crippen molar-refractivity contribution in [1.29, 1.82) is 0 Å². The molecular formula is C12H9BrCl3NO5. The Hall–Kier alpha value is -0.890. The van der Waals surface area contributed by atoms with Crippen molar-refractivity contribution in [1.82, 2.24) is 0 Å². The van der Waals surface area contributed by atoms with E-state index in [1.807, 2.05) is 0 Å². The van der Waals surface area contributed by atoms with Crippen LogP contribution in [0.15, 0.2) is 24.3 Å². The summed E-state index contributed by atoms with van der Waals surface area (Å²) in [5, 5.41) is 10.6. The van der Waals surface area contributed by atoms with Gasteiger partial charge in [0.1, 0.15) is 4.83 Å². The number of ketones is 1. The number of carbonyl (C=O) groups is 2. The smallest absolute Gasteiger partial charge is 0.303 e. The number of hydrogen-bond acceptors (Lipinski definition) is 5. The summed E-state index contributed by atoms with van der Waals surface area (Å²) in [7, 11) is 0. The Kier molecular flexibility index (Phi) is 6.61. The minimum Gasteiger partial charge on any atom is -0.456 e. The van der Waals surface area contributed by atoms with Crippen molar-refractivity contribution in [3.8, 4) is 0 Å². The SMILES string of the molecule is CC(=O)O[C@H]([C@@H](Br)C(=O)c1ccc([N+](=O)[O-])cc1)C(Cl)(Cl)Cl. The van der Waals surface area contributed by atoms with Gasteiger partial charge in [-0.15, -0.1) is 0 Å². The predicted molar refractivity (Wildman–Crippen MR) is 86.0 cm³/mol. The quantitative estimate of drug-likeness (QED) is 0.232. The Balaban J connectivity index is 3.02. The molecule has 0 N–H and O–H groups in total. The molecule has 0 aliphatic rings. The van der Waals surface area contributed by atoms with E-state index in [0.717, 1.165) is 6.92 Å². The topological polar surface area (TPSA) is 86.5 Å². The lowest BCUT2D eigenvalue weighted by molar-refractivity contribution is -0.384. The Labute approximate surface area is 148 Å². The number of esters is 1. The van der Waals surface area contributed by atoms with Crippen molar-refractivity contribution in [2.45, 2.75) is 21.6 Å². The highest BCUT2D eigenvalue weighted by Crippen LogP contribution is 2.37. The standard InChI is InChI=1S/C12H9BrCl3NO5/c1-6(18)22-11(12(14,15)16)9(13)10(19)7-2-4-8(5-3-7)17(20)21/h2-5,9,11H,1H3/t9-,11+/m0/s1. The number of benzene rings is 1. The first-order valence-corrected chi connectivity index (χ1v) is 7.75. The van der Waals surface area contributed by atoms with E-state index < -0.39 is 31.4 Å². The van der Waals surface area contributed by atoms with Crippen LogP contribution in [-0.4, -0.2) is 31.4 Å². The van der Waals surface area contributed by atoms with Crippen LogP contribution < -0.4 is 0 Å². The maximum Gasteiger partial charge on any atom is 0.303 e. The molecular weight excluding hydrogens is 424 g/mol. The van der Waals surface area contributed by atoms with Gasteiger partial charge in [0.25, 0.3) is 5.69 Å². The summed E-state index contributed by atoms with van der Waals surface area (Å²) in [5.41, 5.74) is -0.0283. The Bertz CT molecular complexity index is 587. The number of Topliss-reactive ketones (excluding diaryl/α,β-unsaturated/α-hetero) is 1. The lowest BCUT2D eigenvalue weighted by atomic mass is 10.1. The van der Waals surface area contributed by atoms with Crippen molar-refractivity contribution in [3.05, 3.63) is 39.9 Å². The Morgan fingerprint density at radius 3 is 2.14 bits per heavy atom. The highest BCUT2D eigenvalue weighted by atomic mass is 79.9. The second-order valence-corrected chi connectivity index (χ2v) is 7.50. The molecule has 6 nitrogen and oxygen atoms in total. The first-order valence-electron chi connectivity index (χ1n) is 5.70. The maximum absolute atomic E-state index is 12.3. The van der Waals surface area contributed by atoms with Gasteiger partial charge in [-0.3, -0.25) is 19.7 Å².